The lowest BCUT2D eigenvalue weighted by molar-refractivity contribution is -0.132. The van der Waals surface area contributed by atoms with E-state index < -0.39 is 34.2 Å². The van der Waals surface area contributed by atoms with E-state index in [1.54, 1.807) is 0 Å². The molecule has 2 aliphatic heterocycles. The highest BCUT2D eigenvalue weighted by molar-refractivity contribution is 7.91. The first kappa shape index (κ1) is 29.8. The lowest BCUT2D eigenvalue weighted by atomic mass is 9.72. The third-order valence-corrected chi connectivity index (χ3v) is 9.99. The van der Waals surface area contributed by atoms with Crippen LogP contribution in [0, 0.1) is 11.8 Å². The smallest absolute Gasteiger partial charge is 0.407 e. The fourth-order valence-corrected chi connectivity index (χ4v) is 7.93. The summed E-state index contributed by atoms with van der Waals surface area (Å²) in [4.78, 5) is 28.3. The summed E-state index contributed by atoms with van der Waals surface area (Å²) in [6, 6.07) is 8.57. The van der Waals surface area contributed by atoms with Gasteiger partial charge in [0, 0.05) is 18.6 Å². The maximum atomic E-state index is 13.4. The Kier molecular flexibility index (Phi) is 9.60. The minimum Gasteiger partial charge on any atom is -0.445 e. The maximum Gasteiger partial charge on any atom is 0.407 e. The largest absolute Gasteiger partial charge is 0.445 e. The van der Waals surface area contributed by atoms with Crippen LogP contribution in [0.5, 0.6) is 0 Å². The Hall–Kier alpha value is -2.17. The van der Waals surface area contributed by atoms with Crippen LogP contribution in [0.4, 0.5) is 4.79 Å². The van der Waals surface area contributed by atoms with Crippen LogP contribution in [0.15, 0.2) is 30.3 Å². The first-order valence-electron chi connectivity index (χ1n) is 14.3. The standard InChI is InChI=1S/C29H45N3O6S/c1-29(2,3)31-27(34)25-16-21-11-7-8-12-22(21)17-32(25)18-26(33)24(15-20-9-5-4-6-10-20)30-28(35)38-23-13-14-39(36,37)19-23/h4-6,9-10,21-26,33H,7-8,11-19H2,1-3H3,(H,30,35)(H,31,34)/t21-,22+,23+,24-,25-,26+/m0/s1. The van der Waals surface area contributed by atoms with E-state index in [9.17, 15) is 23.1 Å². The Morgan fingerprint density at radius 1 is 1.10 bits per heavy atom. The van der Waals surface area contributed by atoms with E-state index in [-0.39, 0.29) is 42.0 Å². The number of aliphatic hydroxyl groups is 1. The van der Waals surface area contributed by atoms with Gasteiger partial charge in [0.05, 0.1) is 29.7 Å². The minimum absolute atomic E-state index is 0.0101. The Balaban J connectivity index is 1.48. The van der Waals surface area contributed by atoms with Gasteiger partial charge in [-0.3, -0.25) is 9.69 Å². The molecule has 0 bridgehead atoms. The number of benzene rings is 1. The van der Waals surface area contributed by atoms with Gasteiger partial charge >= 0.3 is 6.09 Å². The zero-order chi connectivity index (χ0) is 28.2. The maximum absolute atomic E-state index is 13.4. The number of alkyl carbamates (subject to hydrolysis) is 1. The summed E-state index contributed by atoms with van der Waals surface area (Å²) >= 11 is 0. The summed E-state index contributed by atoms with van der Waals surface area (Å²) in [7, 11) is -3.19. The molecule has 1 aromatic carbocycles. The average Bonchev–Trinajstić information content (AvgIpc) is 3.20. The van der Waals surface area contributed by atoms with Crippen molar-refractivity contribution in [2.75, 3.05) is 24.6 Å². The van der Waals surface area contributed by atoms with Crippen LogP contribution in [0.1, 0.15) is 64.9 Å². The molecule has 10 heteroatoms. The van der Waals surface area contributed by atoms with Gasteiger partial charge < -0.3 is 20.5 Å². The van der Waals surface area contributed by atoms with Crippen molar-refractivity contribution in [2.24, 2.45) is 11.8 Å². The van der Waals surface area contributed by atoms with Crippen molar-refractivity contribution in [1.82, 2.24) is 15.5 Å². The fourth-order valence-electron chi connectivity index (χ4n) is 6.34. The van der Waals surface area contributed by atoms with E-state index in [0.29, 0.717) is 18.3 Å². The summed E-state index contributed by atoms with van der Waals surface area (Å²) in [6.07, 6.45) is 3.72. The fraction of sp³-hybridized carbons (Fsp3) is 0.724. The molecule has 2 heterocycles. The van der Waals surface area contributed by atoms with Gasteiger partial charge in [-0.25, -0.2) is 13.2 Å². The van der Waals surface area contributed by atoms with Crippen LogP contribution in [-0.4, -0.2) is 84.9 Å². The van der Waals surface area contributed by atoms with Crippen LogP contribution in [0.25, 0.3) is 0 Å². The van der Waals surface area contributed by atoms with Gasteiger partial charge in [-0.2, -0.15) is 0 Å². The number of hydrogen-bond donors (Lipinski definition) is 3. The van der Waals surface area contributed by atoms with E-state index in [0.717, 1.165) is 31.4 Å². The molecule has 3 N–H and O–H groups in total. The molecule has 2 amide bonds. The number of amides is 2. The van der Waals surface area contributed by atoms with E-state index in [1.807, 2.05) is 51.1 Å². The molecule has 1 aliphatic carbocycles. The zero-order valence-corrected chi connectivity index (χ0v) is 24.3. The van der Waals surface area contributed by atoms with Crippen LogP contribution in [-0.2, 0) is 25.8 Å². The van der Waals surface area contributed by atoms with Gasteiger partial charge in [0.2, 0.25) is 5.91 Å². The quantitative estimate of drug-likeness (QED) is 0.444. The lowest BCUT2D eigenvalue weighted by Crippen LogP contribution is -2.60. The Labute approximate surface area is 233 Å². The molecule has 3 fully saturated rings. The summed E-state index contributed by atoms with van der Waals surface area (Å²) in [5.41, 5.74) is 0.581. The monoisotopic (exact) mass is 563 g/mol. The summed E-state index contributed by atoms with van der Waals surface area (Å²) < 4.78 is 29.0. The first-order chi connectivity index (χ1) is 18.4. The van der Waals surface area contributed by atoms with Crippen molar-refractivity contribution < 1.29 is 27.9 Å². The SMILES string of the molecule is CC(C)(C)NC(=O)[C@@H]1C[C@@H]2CCCC[C@@H]2CN1C[C@@H](O)[C@H](Cc1ccccc1)NC(=O)O[C@@H]1CCS(=O)(=O)C1. The predicted molar refractivity (Wildman–Crippen MR) is 150 cm³/mol. The van der Waals surface area contributed by atoms with Gasteiger partial charge in [0.25, 0.3) is 0 Å². The molecule has 39 heavy (non-hydrogen) atoms. The number of piperidine rings is 1. The molecule has 9 nitrogen and oxygen atoms in total. The highest BCUT2D eigenvalue weighted by Crippen LogP contribution is 2.39. The van der Waals surface area contributed by atoms with Crippen molar-refractivity contribution in [3.8, 4) is 0 Å². The number of sulfone groups is 1. The molecule has 2 saturated heterocycles. The molecule has 0 aromatic heterocycles. The number of likely N-dealkylation sites (tertiary alicyclic amines) is 1. The number of β-amino-alcohol motifs (C(OH)–C–C–N with tert-alkyl or cyclic N) is 1. The van der Waals surface area contributed by atoms with Crippen molar-refractivity contribution in [2.45, 2.75) is 95.5 Å². The second kappa shape index (κ2) is 12.6. The van der Waals surface area contributed by atoms with Gasteiger partial charge in [0.15, 0.2) is 9.84 Å². The molecular formula is C29H45N3O6S. The normalized spacial score (nSPS) is 28.6. The highest BCUT2D eigenvalue weighted by Gasteiger charge is 2.42. The molecule has 4 rings (SSSR count). The number of hydrogen-bond acceptors (Lipinski definition) is 7. The first-order valence-corrected chi connectivity index (χ1v) is 16.2. The minimum atomic E-state index is -3.19. The summed E-state index contributed by atoms with van der Waals surface area (Å²) in [6.45, 7) is 6.89. The van der Waals surface area contributed by atoms with Gasteiger partial charge in [0.1, 0.15) is 6.10 Å². The van der Waals surface area contributed by atoms with E-state index >= 15 is 0 Å². The Bertz CT molecular complexity index is 1090. The number of fused-ring (bicyclic) bond motifs is 1. The molecular weight excluding hydrogens is 518 g/mol. The molecule has 6 atom stereocenters. The number of carbonyl (C=O) groups excluding carboxylic acids is 2. The predicted octanol–water partition coefficient (Wildman–Crippen LogP) is 2.67. The van der Waals surface area contributed by atoms with Crippen molar-refractivity contribution in [3.05, 3.63) is 35.9 Å². The molecule has 1 aromatic rings. The van der Waals surface area contributed by atoms with Gasteiger partial charge in [-0.1, -0.05) is 49.6 Å². The van der Waals surface area contributed by atoms with Crippen molar-refractivity contribution >= 4 is 21.8 Å². The second-order valence-corrected chi connectivity index (χ2v) is 14.9. The topological polar surface area (TPSA) is 125 Å². The third-order valence-electron chi connectivity index (χ3n) is 8.26. The van der Waals surface area contributed by atoms with E-state index in [2.05, 4.69) is 15.5 Å². The molecule has 0 spiro atoms. The van der Waals surface area contributed by atoms with Crippen LogP contribution in [0.3, 0.4) is 0 Å². The van der Waals surface area contributed by atoms with Crippen LogP contribution >= 0.6 is 0 Å². The molecule has 3 aliphatic rings. The third kappa shape index (κ3) is 8.66. The molecule has 218 valence electrons. The van der Waals surface area contributed by atoms with Crippen molar-refractivity contribution in [3.63, 3.8) is 0 Å². The Morgan fingerprint density at radius 3 is 2.44 bits per heavy atom. The Morgan fingerprint density at radius 2 is 1.79 bits per heavy atom. The van der Waals surface area contributed by atoms with Crippen LogP contribution < -0.4 is 10.6 Å². The van der Waals surface area contributed by atoms with E-state index in [4.69, 9.17) is 4.74 Å². The summed E-state index contributed by atoms with van der Waals surface area (Å²) in [5.74, 6) is 0.829. The number of nitrogens with one attached hydrogen (secondary N) is 2. The zero-order valence-electron chi connectivity index (χ0n) is 23.5. The molecule has 1 saturated carbocycles. The van der Waals surface area contributed by atoms with E-state index in [1.165, 1.54) is 12.8 Å². The number of aliphatic hydroxyl groups excluding tert-OH is 1. The number of rotatable bonds is 8. The van der Waals surface area contributed by atoms with Crippen LogP contribution in [0.2, 0.25) is 0 Å². The van der Waals surface area contributed by atoms with Crippen molar-refractivity contribution in [1.29, 1.82) is 0 Å². The number of nitrogens with zero attached hydrogens (tertiary/aromatic N) is 1. The molecule has 0 radical (unpaired) electrons. The lowest BCUT2D eigenvalue weighted by Gasteiger charge is -2.47. The van der Waals surface area contributed by atoms with Gasteiger partial charge in [-0.15, -0.1) is 0 Å². The average molecular weight is 564 g/mol. The van der Waals surface area contributed by atoms with Gasteiger partial charge in [-0.05, 0) is 63.9 Å². The summed E-state index contributed by atoms with van der Waals surface area (Å²) in [5, 5.41) is 17.5. The highest BCUT2D eigenvalue weighted by atomic mass is 32.2. The second-order valence-electron chi connectivity index (χ2n) is 12.7. The number of ether oxygens (including phenoxy) is 1. The molecule has 0 unspecified atom stereocenters. The number of carbonyl (C=O) groups is 2.